The molecule has 0 aromatic heterocycles. The number of Topliss-reactive ketones (excluding diaryl/α,β-unsaturated/α-hetero) is 1. The van der Waals surface area contributed by atoms with Crippen LogP contribution in [0.25, 0.3) is 0 Å². The van der Waals surface area contributed by atoms with Gasteiger partial charge in [0.1, 0.15) is 11.5 Å². The first-order valence-electron chi connectivity index (χ1n) is 6.54. The summed E-state index contributed by atoms with van der Waals surface area (Å²) in [7, 11) is 0. The molecular weight excluding hydrogens is 240 g/mol. The highest BCUT2D eigenvalue weighted by atomic mass is 16.5. The molecule has 0 saturated carbocycles. The van der Waals surface area contributed by atoms with Crippen LogP contribution in [0.2, 0.25) is 0 Å². The number of carbonyl (C=O) groups excluding carboxylic acids is 2. The summed E-state index contributed by atoms with van der Waals surface area (Å²) in [6, 6.07) is 7.11. The molecule has 0 aliphatic heterocycles. The van der Waals surface area contributed by atoms with Gasteiger partial charge in [0.05, 0.1) is 5.41 Å². The third-order valence-electron chi connectivity index (χ3n) is 2.77. The Bertz CT molecular complexity index is 450. The first-order valence-corrected chi connectivity index (χ1v) is 6.54. The van der Waals surface area contributed by atoms with Crippen LogP contribution in [-0.2, 0) is 16.0 Å². The molecule has 19 heavy (non-hydrogen) atoms. The quantitative estimate of drug-likeness (QED) is 0.617. The van der Waals surface area contributed by atoms with E-state index in [0.29, 0.717) is 12.2 Å². The van der Waals surface area contributed by atoms with Crippen LogP contribution in [0.1, 0.15) is 40.2 Å². The fourth-order valence-electron chi connectivity index (χ4n) is 1.34. The van der Waals surface area contributed by atoms with Crippen molar-refractivity contribution < 1.29 is 14.3 Å². The van der Waals surface area contributed by atoms with Gasteiger partial charge in [-0.05, 0) is 38.5 Å². The molecule has 1 rings (SSSR count). The van der Waals surface area contributed by atoms with Gasteiger partial charge in [-0.25, -0.2) is 0 Å². The van der Waals surface area contributed by atoms with Crippen molar-refractivity contribution in [2.75, 3.05) is 0 Å². The monoisotopic (exact) mass is 262 g/mol. The standard InChI is InChI=1S/C16H22O3/c1-11(2)14(17)10-12-6-8-13(9-7-12)19-15(18)16(3,4)5/h6-9,11H,10H2,1-5H3. The number of esters is 1. The number of ether oxygens (including phenoxy) is 1. The van der Waals surface area contributed by atoms with Crippen LogP contribution < -0.4 is 4.74 Å². The average molecular weight is 262 g/mol. The van der Waals surface area contributed by atoms with Crippen molar-refractivity contribution >= 4 is 11.8 Å². The molecule has 0 unspecified atom stereocenters. The largest absolute Gasteiger partial charge is 0.426 e. The summed E-state index contributed by atoms with van der Waals surface area (Å²) in [4.78, 5) is 23.3. The Hall–Kier alpha value is -1.64. The molecule has 0 bridgehead atoms. The van der Waals surface area contributed by atoms with E-state index in [-0.39, 0.29) is 17.7 Å². The maximum Gasteiger partial charge on any atom is 0.316 e. The molecule has 3 nitrogen and oxygen atoms in total. The van der Waals surface area contributed by atoms with Crippen molar-refractivity contribution in [3.05, 3.63) is 29.8 Å². The molecule has 0 radical (unpaired) electrons. The van der Waals surface area contributed by atoms with Gasteiger partial charge >= 0.3 is 5.97 Å². The van der Waals surface area contributed by atoms with Crippen molar-refractivity contribution in [2.45, 2.75) is 41.0 Å². The molecule has 0 heterocycles. The van der Waals surface area contributed by atoms with Crippen LogP contribution in [-0.4, -0.2) is 11.8 Å². The Morgan fingerprint density at radius 2 is 1.63 bits per heavy atom. The van der Waals surface area contributed by atoms with Crippen LogP contribution >= 0.6 is 0 Å². The van der Waals surface area contributed by atoms with E-state index in [1.54, 1.807) is 12.1 Å². The van der Waals surface area contributed by atoms with Crippen LogP contribution in [0.15, 0.2) is 24.3 Å². The molecule has 0 spiro atoms. The lowest BCUT2D eigenvalue weighted by molar-refractivity contribution is -0.143. The smallest absolute Gasteiger partial charge is 0.316 e. The lowest BCUT2D eigenvalue weighted by atomic mass is 9.97. The third kappa shape index (κ3) is 4.86. The predicted octanol–water partition coefficient (Wildman–Crippen LogP) is 3.41. The third-order valence-corrected chi connectivity index (χ3v) is 2.77. The van der Waals surface area contributed by atoms with Crippen LogP contribution in [0.3, 0.4) is 0 Å². The van der Waals surface area contributed by atoms with Gasteiger partial charge in [0.2, 0.25) is 0 Å². The Balaban J connectivity index is 2.67. The van der Waals surface area contributed by atoms with E-state index < -0.39 is 5.41 Å². The zero-order valence-corrected chi connectivity index (χ0v) is 12.3. The van der Waals surface area contributed by atoms with Crippen LogP contribution in [0.4, 0.5) is 0 Å². The minimum absolute atomic E-state index is 0.0402. The Labute approximate surface area is 115 Å². The highest BCUT2D eigenvalue weighted by Crippen LogP contribution is 2.20. The van der Waals surface area contributed by atoms with Gasteiger partial charge in [0.15, 0.2) is 0 Å². The number of benzene rings is 1. The first kappa shape index (κ1) is 15.4. The van der Waals surface area contributed by atoms with Gasteiger partial charge in [0.25, 0.3) is 0 Å². The second kappa shape index (κ2) is 6.00. The summed E-state index contributed by atoms with van der Waals surface area (Å²) in [6.45, 7) is 9.21. The molecule has 0 amide bonds. The van der Waals surface area contributed by atoms with Crippen molar-refractivity contribution in [1.82, 2.24) is 0 Å². The summed E-state index contributed by atoms with van der Waals surface area (Å²) in [5.41, 5.74) is 0.418. The first-order chi connectivity index (χ1) is 8.70. The van der Waals surface area contributed by atoms with Crippen LogP contribution in [0, 0.1) is 11.3 Å². The highest BCUT2D eigenvalue weighted by Gasteiger charge is 2.23. The molecule has 1 aromatic carbocycles. The van der Waals surface area contributed by atoms with Crippen molar-refractivity contribution in [3.8, 4) is 5.75 Å². The summed E-state index contributed by atoms with van der Waals surface area (Å²) in [6.07, 6.45) is 0.422. The highest BCUT2D eigenvalue weighted by molar-refractivity contribution is 5.82. The van der Waals surface area contributed by atoms with Crippen molar-refractivity contribution in [2.24, 2.45) is 11.3 Å². The number of hydrogen-bond donors (Lipinski definition) is 0. The van der Waals surface area contributed by atoms with E-state index in [1.807, 2.05) is 46.8 Å². The van der Waals surface area contributed by atoms with E-state index >= 15 is 0 Å². The van der Waals surface area contributed by atoms with Gasteiger partial charge < -0.3 is 4.74 Å². The lowest BCUT2D eigenvalue weighted by Crippen LogP contribution is -2.25. The second-order valence-corrected chi connectivity index (χ2v) is 6.08. The van der Waals surface area contributed by atoms with E-state index in [9.17, 15) is 9.59 Å². The second-order valence-electron chi connectivity index (χ2n) is 6.08. The Kier molecular flexibility index (Phi) is 4.87. The molecule has 1 aromatic rings. The van der Waals surface area contributed by atoms with E-state index in [0.717, 1.165) is 5.56 Å². The van der Waals surface area contributed by atoms with E-state index in [1.165, 1.54) is 0 Å². The Morgan fingerprint density at radius 3 is 2.05 bits per heavy atom. The van der Waals surface area contributed by atoms with Crippen molar-refractivity contribution in [1.29, 1.82) is 0 Å². The molecule has 0 saturated heterocycles. The van der Waals surface area contributed by atoms with E-state index in [2.05, 4.69) is 0 Å². The number of rotatable bonds is 4. The average Bonchev–Trinajstić information content (AvgIpc) is 2.30. The molecule has 0 atom stereocenters. The number of hydrogen-bond acceptors (Lipinski definition) is 3. The molecule has 3 heteroatoms. The maximum atomic E-state index is 11.7. The summed E-state index contributed by atoms with van der Waals surface area (Å²) in [5, 5.41) is 0. The fraction of sp³-hybridized carbons (Fsp3) is 0.500. The van der Waals surface area contributed by atoms with Gasteiger partial charge in [-0.1, -0.05) is 26.0 Å². The minimum atomic E-state index is -0.522. The molecule has 0 aliphatic rings. The van der Waals surface area contributed by atoms with E-state index in [4.69, 9.17) is 4.74 Å². The molecule has 0 aliphatic carbocycles. The van der Waals surface area contributed by atoms with Gasteiger partial charge in [-0.3, -0.25) is 9.59 Å². The molecule has 0 N–H and O–H groups in total. The summed E-state index contributed by atoms with van der Waals surface area (Å²) < 4.78 is 5.26. The predicted molar refractivity (Wildman–Crippen MR) is 75.1 cm³/mol. The van der Waals surface area contributed by atoms with Gasteiger partial charge in [0, 0.05) is 12.3 Å². The number of ketones is 1. The van der Waals surface area contributed by atoms with Crippen molar-refractivity contribution in [3.63, 3.8) is 0 Å². The topological polar surface area (TPSA) is 43.4 Å². The molecular formula is C16H22O3. The normalized spacial score (nSPS) is 11.5. The zero-order chi connectivity index (χ0) is 14.6. The minimum Gasteiger partial charge on any atom is -0.426 e. The number of carbonyl (C=O) groups is 2. The lowest BCUT2D eigenvalue weighted by Gasteiger charge is -2.16. The fourth-order valence-corrected chi connectivity index (χ4v) is 1.34. The van der Waals surface area contributed by atoms with Crippen LogP contribution in [0.5, 0.6) is 5.75 Å². The summed E-state index contributed by atoms with van der Waals surface area (Å²) >= 11 is 0. The summed E-state index contributed by atoms with van der Waals surface area (Å²) in [5.74, 6) is 0.497. The van der Waals surface area contributed by atoms with Gasteiger partial charge in [-0.15, -0.1) is 0 Å². The Morgan fingerprint density at radius 1 is 1.11 bits per heavy atom. The SMILES string of the molecule is CC(C)C(=O)Cc1ccc(OC(=O)C(C)(C)C)cc1. The zero-order valence-electron chi connectivity index (χ0n) is 12.3. The maximum absolute atomic E-state index is 11.7. The molecule has 104 valence electrons. The van der Waals surface area contributed by atoms with Gasteiger partial charge in [-0.2, -0.15) is 0 Å². The molecule has 0 fully saturated rings.